The zero-order chi connectivity index (χ0) is 17.5. The van der Waals surface area contributed by atoms with Gasteiger partial charge in [-0.15, -0.1) is 0 Å². The van der Waals surface area contributed by atoms with Gasteiger partial charge in [0.15, 0.2) is 0 Å². The summed E-state index contributed by atoms with van der Waals surface area (Å²) in [6, 6.07) is 0. The van der Waals surface area contributed by atoms with Crippen LogP contribution in [0.1, 0.15) is 45.6 Å². The predicted octanol–water partition coefficient (Wildman–Crippen LogP) is 3.61. The second-order valence-electron chi connectivity index (χ2n) is 7.75. The van der Waals surface area contributed by atoms with Crippen molar-refractivity contribution in [2.75, 3.05) is 13.1 Å². The molecule has 1 unspecified atom stereocenters. The van der Waals surface area contributed by atoms with E-state index in [4.69, 9.17) is 21.1 Å². The number of hydrogen-bond donors (Lipinski definition) is 0. The minimum absolute atomic E-state index is 0.0129. The molecule has 1 spiro atoms. The third-order valence-electron chi connectivity index (χ3n) is 4.62. The number of piperidine rings is 1. The first-order valence-electron chi connectivity index (χ1n) is 8.32. The van der Waals surface area contributed by atoms with E-state index < -0.39 is 5.60 Å². The molecule has 1 amide bonds. The summed E-state index contributed by atoms with van der Waals surface area (Å²) < 4.78 is 11.7. The third-order valence-corrected chi connectivity index (χ3v) is 5.01. The Morgan fingerprint density at radius 3 is 2.71 bits per heavy atom. The highest BCUT2D eigenvalue weighted by molar-refractivity contribution is 6.30. The Morgan fingerprint density at radius 1 is 1.38 bits per heavy atom. The van der Waals surface area contributed by atoms with E-state index in [0.717, 1.165) is 24.8 Å². The monoisotopic (exact) mass is 353 g/mol. The predicted molar refractivity (Wildman–Crippen MR) is 90.3 cm³/mol. The summed E-state index contributed by atoms with van der Waals surface area (Å²) in [7, 11) is 0. The molecular formula is C17H24ClN3O3. The van der Waals surface area contributed by atoms with Crippen LogP contribution in [-0.2, 0) is 4.74 Å². The normalized spacial score (nSPS) is 22.4. The molecule has 0 radical (unpaired) electrons. The Labute approximate surface area is 147 Å². The maximum Gasteiger partial charge on any atom is 0.410 e. The summed E-state index contributed by atoms with van der Waals surface area (Å²) >= 11 is 6.04. The minimum atomic E-state index is -0.476. The zero-order valence-corrected chi connectivity index (χ0v) is 15.4. The van der Waals surface area contributed by atoms with E-state index in [1.807, 2.05) is 27.7 Å². The van der Waals surface area contributed by atoms with Gasteiger partial charge < -0.3 is 14.4 Å². The summed E-state index contributed by atoms with van der Waals surface area (Å²) in [6.45, 7) is 8.80. The van der Waals surface area contributed by atoms with Crippen LogP contribution in [0.3, 0.4) is 0 Å². The van der Waals surface area contributed by atoms with Gasteiger partial charge in [-0.3, -0.25) is 0 Å². The molecular weight excluding hydrogens is 330 g/mol. The summed E-state index contributed by atoms with van der Waals surface area (Å²) in [4.78, 5) is 22.3. The van der Waals surface area contributed by atoms with Crippen LogP contribution < -0.4 is 4.74 Å². The topological polar surface area (TPSA) is 64.6 Å². The molecule has 0 aromatic carbocycles. The van der Waals surface area contributed by atoms with Crippen LogP contribution in [0.15, 0.2) is 6.33 Å². The Hall–Kier alpha value is -1.56. The maximum atomic E-state index is 12.3. The van der Waals surface area contributed by atoms with Gasteiger partial charge in [0, 0.05) is 30.5 Å². The number of halogens is 1. The lowest BCUT2D eigenvalue weighted by Crippen LogP contribution is -2.50. The van der Waals surface area contributed by atoms with Gasteiger partial charge in [0.05, 0.1) is 0 Å². The van der Waals surface area contributed by atoms with Crippen LogP contribution in [0.5, 0.6) is 5.88 Å². The number of aromatic nitrogens is 2. The minimum Gasteiger partial charge on any atom is -0.473 e. The molecule has 1 aromatic rings. The summed E-state index contributed by atoms with van der Waals surface area (Å²) in [5, 5.41) is 0.413. The fraction of sp³-hybridized carbons (Fsp3) is 0.706. The summed E-state index contributed by atoms with van der Waals surface area (Å²) in [6.07, 6.45) is 4.08. The number of amides is 1. The molecule has 3 rings (SSSR count). The molecule has 1 aliphatic heterocycles. The number of carbonyl (C=O) groups is 1. The Morgan fingerprint density at radius 2 is 2.08 bits per heavy atom. The van der Waals surface area contributed by atoms with Crippen LogP contribution in [-0.4, -0.2) is 45.8 Å². The van der Waals surface area contributed by atoms with E-state index in [1.54, 1.807) is 4.90 Å². The molecule has 132 valence electrons. The van der Waals surface area contributed by atoms with Gasteiger partial charge in [-0.2, -0.15) is 0 Å². The van der Waals surface area contributed by atoms with Crippen molar-refractivity contribution >= 4 is 17.7 Å². The molecule has 24 heavy (non-hydrogen) atoms. The molecule has 1 saturated heterocycles. The number of rotatable bonds is 2. The number of carbonyl (C=O) groups excluding carboxylic acids is 1. The van der Waals surface area contributed by atoms with Crippen LogP contribution in [0.2, 0.25) is 5.15 Å². The van der Waals surface area contributed by atoms with Crippen LogP contribution in [0.25, 0.3) is 0 Å². The molecule has 1 aliphatic carbocycles. The van der Waals surface area contributed by atoms with Gasteiger partial charge in [0.2, 0.25) is 5.88 Å². The van der Waals surface area contributed by atoms with E-state index >= 15 is 0 Å². The first-order chi connectivity index (χ1) is 11.2. The fourth-order valence-electron chi connectivity index (χ4n) is 3.11. The second kappa shape index (κ2) is 6.06. The Balaban J connectivity index is 1.67. The van der Waals surface area contributed by atoms with E-state index in [0.29, 0.717) is 24.1 Å². The van der Waals surface area contributed by atoms with Gasteiger partial charge in [-0.05, 0) is 40.5 Å². The Kier molecular flexibility index (Phi) is 4.36. The highest BCUT2D eigenvalue weighted by atomic mass is 35.5. The lowest BCUT2D eigenvalue weighted by atomic mass is 9.91. The fourth-order valence-corrected chi connectivity index (χ4v) is 3.24. The average molecular weight is 354 g/mol. The number of likely N-dealkylation sites (tertiary alicyclic amines) is 1. The van der Waals surface area contributed by atoms with Crippen molar-refractivity contribution in [2.24, 2.45) is 5.41 Å². The van der Waals surface area contributed by atoms with Crippen molar-refractivity contribution in [1.82, 2.24) is 14.9 Å². The van der Waals surface area contributed by atoms with E-state index in [-0.39, 0.29) is 17.6 Å². The van der Waals surface area contributed by atoms with Crippen molar-refractivity contribution < 1.29 is 14.3 Å². The summed E-state index contributed by atoms with van der Waals surface area (Å²) in [5.74, 6) is 0.539. The lowest BCUT2D eigenvalue weighted by Gasteiger charge is -2.39. The molecule has 0 bridgehead atoms. The first-order valence-corrected chi connectivity index (χ1v) is 8.70. The summed E-state index contributed by atoms with van der Waals surface area (Å²) in [5.41, 5.74) is 0.291. The van der Waals surface area contributed by atoms with Crippen LogP contribution in [0.4, 0.5) is 4.79 Å². The van der Waals surface area contributed by atoms with Crippen molar-refractivity contribution in [3.8, 4) is 5.88 Å². The van der Waals surface area contributed by atoms with Gasteiger partial charge >= 0.3 is 6.09 Å². The number of ether oxygens (including phenoxy) is 2. The van der Waals surface area contributed by atoms with Gasteiger partial charge in [0.25, 0.3) is 0 Å². The number of hydrogen-bond acceptors (Lipinski definition) is 5. The quantitative estimate of drug-likeness (QED) is 0.760. The molecule has 7 heteroatoms. The molecule has 1 atom stereocenters. The maximum absolute atomic E-state index is 12.3. The van der Waals surface area contributed by atoms with Crippen LogP contribution in [0, 0.1) is 12.3 Å². The highest BCUT2D eigenvalue weighted by Crippen LogP contribution is 2.53. The van der Waals surface area contributed by atoms with E-state index in [9.17, 15) is 4.79 Å². The van der Waals surface area contributed by atoms with Crippen molar-refractivity contribution in [1.29, 1.82) is 0 Å². The molecule has 1 aromatic heterocycles. The standard InChI is InChI=1S/C17H24ClN3O3/c1-11-13(18)19-10-20-14(11)23-12-5-8-21(9-17(12)6-7-17)15(22)24-16(2,3)4/h10,12H,5-9H2,1-4H3. The van der Waals surface area contributed by atoms with E-state index in [1.165, 1.54) is 6.33 Å². The van der Waals surface area contributed by atoms with Gasteiger partial charge in [0.1, 0.15) is 23.2 Å². The van der Waals surface area contributed by atoms with Gasteiger partial charge in [-0.25, -0.2) is 14.8 Å². The Bertz CT molecular complexity index is 640. The first kappa shape index (κ1) is 17.3. The molecule has 0 N–H and O–H groups in total. The largest absolute Gasteiger partial charge is 0.473 e. The SMILES string of the molecule is Cc1c(Cl)ncnc1OC1CCN(C(=O)OC(C)(C)C)CC12CC2. The van der Waals surface area contributed by atoms with Gasteiger partial charge in [-0.1, -0.05) is 11.6 Å². The van der Waals surface area contributed by atoms with Crippen molar-refractivity contribution in [2.45, 2.75) is 58.7 Å². The third kappa shape index (κ3) is 3.58. The van der Waals surface area contributed by atoms with Crippen molar-refractivity contribution in [3.63, 3.8) is 0 Å². The molecule has 2 fully saturated rings. The molecule has 6 nitrogen and oxygen atoms in total. The molecule has 2 aliphatic rings. The molecule has 2 heterocycles. The lowest BCUT2D eigenvalue weighted by molar-refractivity contribution is -0.00970. The zero-order valence-electron chi connectivity index (χ0n) is 14.6. The second-order valence-corrected chi connectivity index (χ2v) is 8.11. The van der Waals surface area contributed by atoms with E-state index in [2.05, 4.69) is 9.97 Å². The van der Waals surface area contributed by atoms with Crippen LogP contribution >= 0.6 is 11.6 Å². The number of nitrogens with zero attached hydrogens (tertiary/aromatic N) is 3. The van der Waals surface area contributed by atoms with Crippen molar-refractivity contribution in [3.05, 3.63) is 17.0 Å². The highest BCUT2D eigenvalue weighted by Gasteiger charge is 2.55. The smallest absolute Gasteiger partial charge is 0.410 e. The molecule has 1 saturated carbocycles. The average Bonchev–Trinajstić information content (AvgIpc) is 3.24.